The number of hydrogen-bond donors (Lipinski definition) is 1. The highest BCUT2D eigenvalue weighted by Gasteiger charge is 2.12. The molecule has 5 rings (SSSR count). The lowest BCUT2D eigenvalue weighted by molar-refractivity contribution is 0.384. The average molecular weight is 386 g/mol. The Balaban J connectivity index is 1.44. The molecule has 0 amide bonds. The number of benzene rings is 1. The quantitative estimate of drug-likeness (QED) is 0.478. The summed E-state index contributed by atoms with van der Waals surface area (Å²) in [7, 11) is 0. The van der Waals surface area contributed by atoms with Gasteiger partial charge in [-0.05, 0) is 35.7 Å². The van der Waals surface area contributed by atoms with Crippen molar-refractivity contribution in [2.24, 2.45) is 0 Å². The van der Waals surface area contributed by atoms with Crippen LogP contribution in [0.2, 0.25) is 0 Å². The van der Waals surface area contributed by atoms with Crippen molar-refractivity contribution in [1.82, 2.24) is 25.1 Å². The van der Waals surface area contributed by atoms with Crippen molar-refractivity contribution in [3.63, 3.8) is 0 Å². The first-order chi connectivity index (χ1) is 13.9. The molecule has 4 heterocycles. The minimum atomic E-state index is 0.364. The summed E-state index contributed by atoms with van der Waals surface area (Å²) in [6.07, 6.45) is 3.39. The van der Waals surface area contributed by atoms with Crippen LogP contribution >= 0.6 is 11.3 Å². The summed E-state index contributed by atoms with van der Waals surface area (Å²) in [6, 6.07) is 15.6. The van der Waals surface area contributed by atoms with E-state index in [2.05, 4.69) is 25.4 Å². The maximum absolute atomic E-state index is 5.37. The highest BCUT2D eigenvalue weighted by molar-refractivity contribution is 7.13. The average Bonchev–Trinajstić information content (AvgIpc) is 3.45. The van der Waals surface area contributed by atoms with Gasteiger partial charge in [-0.15, -0.1) is 11.3 Å². The van der Waals surface area contributed by atoms with Crippen LogP contribution in [0.1, 0.15) is 5.89 Å². The molecular weight excluding hydrogens is 372 g/mol. The van der Waals surface area contributed by atoms with Gasteiger partial charge in [-0.2, -0.15) is 4.98 Å². The molecule has 0 aliphatic rings. The molecule has 0 atom stereocenters. The number of rotatable bonds is 5. The first kappa shape index (κ1) is 16.5. The minimum absolute atomic E-state index is 0.364. The van der Waals surface area contributed by atoms with Gasteiger partial charge in [0, 0.05) is 23.3 Å². The summed E-state index contributed by atoms with van der Waals surface area (Å²) in [4.78, 5) is 18.9. The highest BCUT2D eigenvalue weighted by Crippen LogP contribution is 2.27. The summed E-state index contributed by atoms with van der Waals surface area (Å²) in [5.74, 6) is 2.44. The van der Waals surface area contributed by atoms with Crippen LogP contribution in [0.4, 0.5) is 5.82 Å². The SMILES string of the molecule is c1csc(-c2nc(NCc3nc(-c4ccncc4)no3)c3ccccc3n2)c1. The Morgan fingerprint density at radius 1 is 0.893 bits per heavy atom. The second kappa shape index (κ2) is 7.16. The molecule has 0 radical (unpaired) electrons. The lowest BCUT2D eigenvalue weighted by atomic mass is 10.2. The zero-order valence-corrected chi connectivity index (χ0v) is 15.4. The van der Waals surface area contributed by atoms with Crippen LogP contribution in [0, 0.1) is 0 Å². The highest BCUT2D eigenvalue weighted by atomic mass is 32.1. The normalized spacial score (nSPS) is 11.0. The van der Waals surface area contributed by atoms with Gasteiger partial charge in [0.25, 0.3) is 0 Å². The van der Waals surface area contributed by atoms with Crippen molar-refractivity contribution in [3.8, 4) is 22.1 Å². The molecule has 0 bridgehead atoms. The van der Waals surface area contributed by atoms with Crippen LogP contribution in [0.3, 0.4) is 0 Å². The molecule has 0 aliphatic heterocycles. The molecule has 0 saturated heterocycles. The Hall–Kier alpha value is -3.65. The van der Waals surface area contributed by atoms with Gasteiger partial charge in [-0.1, -0.05) is 23.4 Å². The Labute approximate surface area is 164 Å². The van der Waals surface area contributed by atoms with E-state index in [0.717, 1.165) is 27.2 Å². The minimum Gasteiger partial charge on any atom is -0.360 e. The summed E-state index contributed by atoms with van der Waals surface area (Å²) in [5, 5.41) is 10.3. The number of nitrogens with one attached hydrogen (secondary N) is 1. The molecule has 0 spiro atoms. The number of aromatic nitrogens is 5. The van der Waals surface area contributed by atoms with Crippen LogP contribution in [-0.4, -0.2) is 25.1 Å². The molecular formula is C20H14N6OS. The molecule has 0 fully saturated rings. The van der Waals surface area contributed by atoms with Crippen LogP contribution in [0.5, 0.6) is 0 Å². The summed E-state index contributed by atoms with van der Waals surface area (Å²) >= 11 is 1.61. The number of nitrogens with zero attached hydrogens (tertiary/aromatic N) is 5. The van der Waals surface area contributed by atoms with Crippen molar-refractivity contribution in [2.45, 2.75) is 6.54 Å². The maximum Gasteiger partial charge on any atom is 0.246 e. The Bertz CT molecular complexity index is 1220. The van der Waals surface area contributed by atoms with Crippen LogP contribution in [0.25, 0.3) is 33.0 Å². The molecule has 28 heavy (non-hydrogen) atoms. The fourth-order valence-electron chi connectivity index (χ4n) is 2.83. The fraction of sp³-hybridized carbons (Fsp3) is 0.0500. The molecule has 136 valence electrons. The monoisotopic (exact) mass is 386 g/mol. The van der Waals surface area contributed by atoms with E-state index in [9.17, 15) is 0 Å². The zero-order chi connectivity index (χ0) is 18.8. The van der Waals surface area contributed by atoms with E-state index in [4.69, 9.17) is 9.51 Å². The van der Waals surface area contributed by atoms with Crippen molar-refractivity contribution >= 4 is 28.1 Å². The van der Waals surface area contributed by atoms with E-state index in [0.29, 0.717) is 24.1 Å². The summed E-state index contributed by atoms with van der Waals surface area (Å²) in [5.41, 5.74) is 1.74. The lowest BCUT2D eigenvalue weighted by Gasteiger charge is -2.08. The predicted molar refractivity (Wildman–Crippen MR) is 108 cm³/mol. The van der Waals surface area contributed by atoms with Gasteiger partial charge in [0.1, 0.15) is 5.82 Å². The van der Waals surface area contributed by atoms with Gasteiger partial charge in [0.05, 0.1) is 16.9 Å². The molecule has 0 aliphatic carbocycles. The second-order valence-corrected chi connectivity index (χ2v) is 6.94. The topological polar surface area (TPSA) is 89.6 Å². The smallest absolute Gasteiger partial charge is 0.246 e. The third kappa shape index (κ3) is 3.21. The molecule has 8 heteroatoms. The first-order valence-electron chi connectivity index (χ1n) is 8.64. The molecule has 7 nitrogen and oxygen atoms in total. The third-order valence-electron chi connectivity index (χ3n) is 4.16. The van der Waals surface area contributed by atoms with E-state index >= 15 is 0 Å². The van der Waals surface area contributed by atoms with Crippen molar-refractivity contribution in [3.05, 3.63) is 72.2 Å². The standard InChI is InChI=1S/C20H14N6OS/c1-2-5-15-14(4-1)19(25-20(23-15)16-6-3-11-28-16)22-12-17-24-18(26-27-17)13-7-9-21-10-8-13/h1-11H,12H2,(H,22,23,25). The van der Waals surface area contributed by atoms with Crippen molar-refractivity contribution in [2.75, 3.05) is 5.32 Å². The number of thiophene rings is 1. The van der Waals surface area contributed by atoms with E-state index in [1.165, 1.54) is 0 Å². The Morgan fingerprint density at radius 3 is 2.64 bits per heavy atom. The van der Waals surface area contributed by atoms with E-state index in [-0.39, 0.29) is 0 Å². The van der Waals surface area contributed by atoms with Crippen molar-refractivity contribution < 1.29 is 4.52 Å². The molecule has 1 aromatic carbocycles. The van der Waals surface area contributed by atoms with Crippen LogP contribution in [-0.2, 0) is 6.54 Å². The lowest BCUT2D eigenvalue weighted by Crippen LogP contribution is -2.04. The van der Waals surface area contributed by atoms with E-state index < -0.39 is 0 Å². The van der Waals surface area contributed by atoms with Gasteiger partial charge < -0.3 is 9.84 Å². The molecule has 0 unspecified atom stereocenters. The largest absolute Gasteiger partial charge is 0.360 e. The number of para-hydroxylation sites is 1. The Morgan fingerprint density at radius 2 is 1.79 bits per heavy atom. The number of anilines is 1. The van der Waals surface area contributed by atoms with Crippen LogP contribution < -0.4 is 5.32 Å². The van der Waals surface area contributed by atoms with Gasteiger partial charge in [-0.3, -0.25) is 4.98 Å². The number of fused-ring (bicyclic) bond motifs is 1. The van der Waals surface area contributed by atoms with Gasteiger partial charge in [0.2, 0.25) is 11.7 Å². The third-order valence-corrected chi connectivity index (χ3v) is 5.02. The van der Waals surface area contributed by atoms with E-state index in [1.807, 2.05) is 53.9 Å². The molecule has 5 aromatic rings. The van der Waals surface area contributed by atoms with Crippen LogP contribution in [0.15, 0.2) is 70.8 Å². The Kier molecular flexibility index (Phi) is 4.23. The first-order valence-corrected chi connectivity index (χ1v) is 9.52. The maximum atomic E-state index is 5.37. The number of hydrogen-bond acceptors (Lipinski definition) is 8. The molecule has 0 saturated carbocycles. The fourth-order valence-corrected chi connectivity index (χ4v) is 3.49. The van der Waals surface area contributed by atoms with Crippen molar-refractivity contribution in [1.29, 1.82) is 0 Å². The van der Waals surface area contributed by atoms with Gasteiger partial charge >= 0.3 is 0 Å². The van der Waals surface area contributed by atoms with Gasteiger partial charge in [0.15, 0.2) is 5.82 Å². The summed E-state index contributed by atoms with van der Waals surface area (Å²) < 4.78 is 5.37. The number of pyridine rings is 1. The zero-order valence-electron chi connectivity index (χ0n) is 14.6. The molecule has 4 aromatic heterocycles. The predicted octanol–water partition coefficient (Wildman–Crippen LogP) is 4.42. The van der Waals surface area contributed by atoms with E-state index in [1.54, 1.807) is 23.7 Å². The second-order valence-electron chi connectivity index (χ2n) is 5.99. The van der Waals surface area contributed by atoms with Gasteiger partial charge in [-0.25, -0.2) is 9.97 Å². The summed E-state index contributed by atoms with van der Waals surface area (Å²) in [6.45, 7) is 0.364. The molecule has 1 N–H and O–H groups in total.